The molecule has 3 heterocycles. The van der Waals surface area contributed by atoms with Crippen LogP contribution in [0.5, 0.6) is 0 Å². The molecule has 2 aromatic heterocycles. The van der Waals surface area contributed by atoms with Crippen LogP contribution in [0.4, 0.5) is 10.7 Å². The summed E-state index contributed by atoms with van der Waals surface area (Å²) in [5.41, 5.74) is 8.11. The number of aromatic amines is 1. The SMILES string of the molecule is CC1(C)Cc2c(sc(Nc3ccccc3-c3ncn[nH]3)c2C(N)=O)C(C)(C)O1. The summed E-state index contributed by atoms with van der Waals surface area (Å²) in [6.45, 7) is 8.12. The maximum atomic E-state index is 12.4. The molecule has 4 rings (SSSR count). The molecule has 7 nitrogen and oxygen atoms in total. The number of nitrogens with zero attached hydrogens (tertiary/aromatic N) is 2. The molecule has 146 valence electrons. The summed E-state index contributed by atoms with van der Waals surface area (Å²) < 4.78 is 6.28. The lowest BCUT2D eigenvalue weighted by Gasteiger charge is -2.41. The zero-order valence-corrected chi connectivity index (χ0v) is 17.1. The Bertz CT molecular complexity index is 1040. The second-order valence-corrected chi connectivity index (χ2v) is 9.05. The number of benzene rings is 1. The normalized spacial score (nSPS) is 17.1. The molecule has 0 atom stereocenters. The second kappa shape index (κ2) is 6.42. The number of ether oxygens (including phenoxy) is 1. The zero-order valence-electron chi connectivity index (χ0n) is 16.3. The van der Waals surface area contributed by atoms with E-state index in [0.717, 1.165) is 26.7 Å². The Morgan fingerprint density at radius 3 is 2.71 bits per heavy atom. The predicted octanol–water partition coefficient (Wildman–Crippen LogP) is 3.96. The minimum absolute atomic E-state index is 0.378. The average molecular weight is 398 g/mol. The van der Waals surface area contributed by atoms with Gasteiger partial charge in [0.15, 0.2) is 5.82 Å². The Labute approximate surface area is 167 Å². The summed E-state index contributed by atoms with van der Waals surface area (Å²) in [7, 11) is 0. The molecule has 4 N–H and O–H groups in total. The molecule has 1 aliphatic rings. The van der Waals surface area contributed by atoms with Crippen LogP contribution >= 0.6 is 11.3 Å². The van der Waals surface area contributed by atoms with Crippen LogP contribution in [0.25, 0.3) is 11.4 Å². The summed E-state index contributed by atoms with van der Waals surface area (Å²) >= 11 is 1.52. The average Bonchev–Trinajstić information content (AvgIpc) is 3.22. The molecule has 0 saturated heterocycles. The number of carbonyl (C=O) groups is 1. The van der Waals surface area contributed by atoms with Crippen molar-refractivity contribution in [3.8, 4) is 11.4 Å². The van der Waals surface area contributed by atoms with E-state index in [1.807, 2.05) is 52.0 Å². The van der Waals surface area contributed by atoms with Gasteiger partial charge in [-0.2, -0.15) is 5.10 Å². The van der Waals surface area contributed by atoms with Crippen LogP contribution in [0.2, 0.25) is 0 Å². The molecular weight excluding hydrogens is 374 g/mol. The quantitative estimate of drug-likeness (QED) is 0.618. The van der Waals surface area contributed by atoms with Crippen molar-refractivity contribution in [1.29, 1.82) is 0 Å². The molecule has 28 heavy (non-hydrogen) atoms. The van der Waals surface area contributed by atoms with Gasteiger partial charge < -0.3 is 15.8 Å². The van der Waals surface area contributed by atoms with Gasteiger partial charge >= 0.3 is 0 Å². The highest BCUT2D eigenvalue weighted by atomic mass is 32.1. The molecule has 3 aromatic rings. The number of primary amides is 1. The Kier molecular flexibility index (Phi) is 4.28. The molecule has 1 amide bonds. The van der Waals surface area contributed by atoms with Crippen molar-refractivity contribution >= 4 is 27.9 Å². The fraction of sp³-hybridized carbons (Fsp3) is 0.350. The lowest BCUT2D eigenvalue weighted by molar-refractivity contribution is -0.135. The Balaban J connectivity index is 1.83. The van der Waals surface area contributed by atoms with Crippen LogP contribution in [-0.2, 0) is 16.8 Å². The second-order valence-electron chi connectivity index (χ2n) is 8.03. The number of nitrogens with one attached hydrogen (secondary N) is 2. The summed E-state index contributed by atoms with van der Waals surface area (Å²) in [5, 5.41) is 10.9. The van der Waals surface area contributed by atoms with Gasteiger partial charge in [0.25, 0.3) is 5.91 Å². The van der Waals surface area contributed by atoms with E-state index in [9.17, 15) is 4.79 Å². The Morgan fingerprint density at radius 1 is 1.29 bits per heavy atom. The van der Waals surface area contributed by atoms with E-state index in [0.29, 0.717) is 17.8 Å². The topological polar surface area (TPSA) is 106 Å². The minimum Gasteiger partial charge on any atom is -0.365 e. The van der Waals surface area contributed by atoms with Crippen molar-refractivity contribution in [1.82, 2.24) is 15.2 Å². The number of fused-ring (bicyclic) bond motifs is 1. The molecule has 0 bridgehead atoms. The van der Waals surface area contributed by atoms with Crippen molar-refractivity contribution in [2.24, 2.45) is 5.73 Å². The number of amides is 1. The number of hydrogen-bond acceptors (Lipinski definition) is 6. The van der Waals surface area contributed by atoms with Crippen molar-refractivity contribution in [2.45, 2.75) is 45.3 Å². The lowest BCUT2D eigenvalue weighted by atomic mass is 9.86. The zero-order chi connectivity index (χ0) is 20.1. The van der Waals surface area contributed by atoms with Crippen LogP contribution in [0, 0.1) is 0 Å². The fourth-order valence-electron chi connectivity index (χ4n) is 3.92. The summed E-state index contributed by atoms with van der Waals surface area (Å²) in [6.07, 6.45) is 2.10. The maximum absolute atomic E-state index is 12.4. The summed E-state index contributed by atoms with van der Waals surface area (Å²) in [6, 6.07) is 7.73. The highest BCUT2D eigenvalue weighted by Crippen LogP contribution is 2.49. The van der Waals surface area contributed by atoms with Gasteiger partial charge in [-0.05, 0) is 45.4 Å². The molecule has 1 aliphatic heterocycles. The summed E-state index contributed by atoms with van der Waals surface area (Å²) in [4.78, 5) is 17.7. The number of H-pyrrole nitrogens is 1. The van der Waals surface area contributed by atoms with Crippen LogP contribution in [0.1, 0.15) is 48.5 Å². The standard InChI is InChI=1S/C20H23N5O2S/c1-19(2)9-12-14(16(21)26)18(28-15(12)20(3,4)27-19)24-13-8-6-5-7-11(13)17-22-10-23-25-17/h5-8,10,24H,9H2,1-4H3,(H2,21,26)(H,22,23,25). The molecule has 0 saturated carbocycles. The largest absolute Gasteiger partial charge is 0.365 e. The lowest BCUT2D eigenvalue weighted by Crippen LogP contribution is -2.42. The van der Waals surface area contributed by atoms with E-state index in [4.69, 9.17) is 10.5 Å². The number of hydrogen-bond donors (Lipinski definition) is 3. The Hall–Kier alpha value is -2.71. The van der Waals surface area contributed by atoms with Crippen molar-refractivity contribution in [2.75, 3.05) is 5.32 Å². The first-order valence-corrected chi connectivity index (χ1v) is 9.87. The number of carbonyl (C=O) groups excluding carboxylic acids is 1. The number of aromatic nitrogens is 3. The first-order chi connectivity index (χ1) is 13.2. The van der Waals surface area contributed by atoms with Gasteiger partial charge in [-0.25, -0.2) is 4.98 Å². The van der Waals surface area contributed by atoms with Crippen molar-refractivity contribution in [3.05, 3.63) is 46.6 Å². The van der Waals surface area contributed by atoms with E-state index >= 15 is 0 Å². The number of anilines is 2. The van der Waals surface area contributed by atoms with E-state index in [-0.39, 0.29) is 5.60 Å². The van der Waals surface area contributed by atoms with Crippen molar-refractivity contribution in [3.63, 3.8) is 0 Å². The highest BCUT2D eigenvalue weighted by molar-refractivity contribution is 7.17. The van der Waals surface area contributed by atoms with Crippen LogP contribution < -0.4 is 11.1 Å². The van der Waals surface area contributed by atoms with Gasteiger partial charge in [0.1, 0.15) is 11.3 Å². The van der Waals surface area contributed by atoms with Gasteiger partial charge in [-0.3, -0.25) is 9.89 Å². The molecular formula is C20H23N5O2S. The maximum Gasteiger partial charge on any atom is 0.251 e. The molecule has 0 spiro atoms. The fourth-order valence-corrected chi connectivity index (χ4v) is 5.20. The van der Waals surface area contributed by atoms with Gasteiger partial charge in [0.2, 0.25) is 0 Å². The molecule has 1 aromatic carbocycles. The third kappa shape index (κ3) is 3.18. The number of nitrogens with two attached hydrogens (primary N) is 1. The van der Waals surface area contributed by atoms with Gasteiger partial charge in [-0.1, -0.05) is 12.1 Å². The predicted molar refractivity (Wildman–Crippen MR) is 110 cm³/mol. The molecule has 8 heteroatoms. The number of para-hydroxylation sites is 1. The third-order valence-corrected chi connectivity index (χ3v) is 6.23. The van der Waals surface area contributed by atoms with Crippen molar-refractivity contribution < 1.29 is 9.53 Å². The van der Waals surface area contributed by atoms with Gasteiger partial charge in [-0.15, -0.1) is 11.3 Å². The van der Waals surface area contributed by atoms with E-state index < -0.39 is 11.5 Å². The van der Waals surface area contributed by atoms with Gasteiger partial charge in [0.05, 0.1) is 22.5 Å². The van der Waals surface area contributed by atoms with Crippen LogP contribution in [0.15, 0.2) is 30.6 Å². The molecule has 0 unspecified atom stereocenters. The van der Waals surface area contributed by atoms with Crippen LogP contribution in [0.3, 0.4) is 0 Å². The minimum atomic E-state index is -0.504. The summed E-state index contributed by atoms with van der Waals surface area (Å²) in [5.74, 6) is 0.209. The number of rotatable bonds is 4. The molecule has 0 aliphatic carbocycles. The molecule has 0 radical (unpaired) electrons. The number of thiophene rings is 1. The monoisotopic (exact) mass is 397 g/mol. The highest BCUT2D eigenvalue weighted by Gasteiger charge is 2.42. The molecule has 0 fully saturated rings. The first kappa shape index (κ1) is 18.6. The third-order valence-electron chi connectivity index (χ3n) is 4.78. The van der Waals surface area contributed by atoms with E-state index in [2.05, 4.69) is 20.5 Å². The van der Waals surface area contributed by atoms with E-state index in [1.165, 1.54) is 17.7 Å². The first-order valence-electron chi connectivity index (χ1n) is 9.06. The van der Waals surface area contributed by atoms with Crippen LogP contribution in [-0.4, -0.2) is 26.7 Å². The smallest absolute Gasteiger partial charge is 0.251 e. The Morgan fingerprint density at radius 2 is 2.04 bits per heavy atom. The van der Waals surface area contributed by atoms with E-state index in [1.54, 1.807) is 0 Å². The van der Waals surface area contributed by atoms with Gasteiger partial charge in [0, 0.05) is 16.9 Å².